The van der Waals surface area contributed by atoms with E-state index >= 15 is 0 Å². The van der Waals surface area contributed by atoms with Gasteiger partial charge in [-0.1, -0.05) is 12.2 Å². The fraction of sp³-hybridized carbons (Fsp3) is 0.390. The number of rotatable bonds is 16. The molecule has 7 heterocycles. The number of allylic oxidation sites excluding steroid dienone is 2. The summed E-state index contributed by atoms with van der Waals surface area (Å²) in [5, 5.41) is 18.2. The average molecular weight is 847 g/mol. The maximum Gasteiger partial charge on any atom is 0.278 e. The van der Waals surface area contributed by atoms with Gasteiger partial charge >= 0.3 is 0 Å². The Balaban J connectivity index is 1.12. The monoisotopic (exact) mass is 846 g/mol. The zero-order chi connectivity index (χ0) is 43.9. The Bertz CT molecular complexity index is 2760. The minimum absolute atomic E-state index is 0.146. The second kappa shape index (κ2) is 16.7. The summed E-state index contributed by atoms with van der Waals surface area (Å²) in [7, 11) is 0. The van der Waals surface area contributed by atoms with Crippen molar-refractivity contribution in [1.29, 1.82) is 0 Å². The van der Waals surface area contributed by atoms with Crippen LogP contribution in [0.25, 0.3) is 22.2 Å². The first kappa shape index (κ1) is 41.6. The quantitative estimate of drug-likeness (QED) is 0.0765. The number of aromatic nitrogens is 9. The van der Waals surface area contributed by atoms with Crippen LogP contribution in [0.15, 0.2) is 42.6 Å². The van der Waals surface area contributed by atoms with Gasteiger partial charge in [0.15, 0.2) is 5.65 Å². The van der Waals surface area contributed by atoms with Gasteiger partial charge in [0.2, 0.25) is 23.7 Å². The van der Waals surface area contributed by atoms with Crippen molar-refractivity contribution < 1.29 is 23.9 Å². The van der Waals surface area contributed by atoms with Crippen LogP contribution < -0.4 is 33.2 Å². The number of nitrogens with one attached hydrogen (secondary N) is 3. The van der Waals surface area contributed by atoms with E-state index in [0.29, 0.717) is 64.6 Å². The van der Waals surface area contributed by atoms with Gasteiger partial charge in [0.05, 0.1) is 46.0 Å². The number of anilines is 4. The molecular formula is C41H50N16O5. The third-order valence-corrected chi connectivity index (χ3v) is 11.4. The minimum Gasteiger partial charge on any atom is -0.395 e. The van der Waals surface area contributed by atoms with Crippen molar-refractivity contribution in [2.24, 2.45) is 16.9 Å². The van der Waals surface area contributed by atoms with Crippen LogP contribution >= 0.6 is 0 Å². The highest BCUT2D eigenvalue weighted by Crippen LogP contribution is 2.38. The number of benzene rings is 1. The number of fused-ring (bicyclic) bond motifs is 2. The van der Waals surface area contributed by atoms with Gasteiger partial charge in [-0.2, -0.15) is 10.2 Å². The summed E-state index contributed by atoms with van der Waals surface area (Å²) in [6.45, 7) is 13.4. The number of nitrogens with zero attached hydrogens (tertiary/aromatic N) is 10. The predicted octanol–water partition coefficient (Wildman–Crippen LogP) is 2.51. The SMILES string of the molecule is CCn1nc(C)cc1C(=O)Nc1nc2cc(C(N)=O)cc(NCCN3CC4(CCOC4)C3)c2n1C/C=C/Cn1c(NC(=O)c2c(N)c(C)nn2CC)nc2cc(C(N)=O)cnc21. The highest BCUT2D eigenvalue weighted by molar-refractivity contribution is 6.07. The molecule has 1 spiro atoms. The first-order valence-corrected chi connectivity index (χ1v) is 20.5. The Morgan fingerprint density at radius 1 is 0.855 bits per heavy atom. The molecular weight excluding hydrogens is 797 g/mol. The third-order valence-electron chi connectivity index (χ3n) is 11.4. The standard InChI is InChI=1S/C41H50N16O5/c1-5-56-30(15-23(3)51-56)37(60)49-39-47-28-17-25(34(43)58)16-27(45-10-13-53-20-41(21-53)9-14-62-22-41)32(28)54(39)11-7-8-12-55-36-29(18-26(19-46-36)35(44)59)48-40(55)50-38(61)33-31(42)24(4)52-57(33)6-2/h7-8,15-19,45H,5-6,9-14,20-22,42H2,1-4H3,(H2,43,58)(H2,44,59)(H,47,49,60)(H,48,50,61)/b8-7+. The number of amides is 4. The first-order valence-electron chi connectivity index (χ1n) is 20.5. The largest absolute Gasteiger partial charge is 0.395 e. The van der Waals surface area contributed by atoms with Crippen LogP contribution in [0.5, 0.6) is 0 Å². The highest BCUT2D eigenvalue weighted by Gasteiger charge is 2.45. The molecule has 5 aromatic heterocycles. The molecule has 8 rings (SSSR count). The van der Waals surface area contributed by atoms with Gasteiger partial charge in [-0.15, -0.1) is 0 Å². The average Bonchev–Trinajstić information content (AvgIpc) is 4.06. The molecule has 0 bridgehead atoms. The number of likely N-dealkylation sites (tertiary alicyclic amines) is 1. The summed E-state index contributed by atoms with van der Waals surface area (Å²) in [5.74, 6) is -1.85. The minimum atomic E-state index is -0.677. The Kier molecular flexibility index (Phi) is 11.2. The van der Waals surface area contributed by atoms with E-state index in [0.717, 1.165) is 39.3 Å². The van der Waals surface area contributed by atoms with E-state index in [1.165, 1.54) is 16.9 Å². The first-order chi connectivity index (χ1) is 29.8. The highest BCUT2D eigenvalue weighted by atomic mass is 16.5. The number of hydrogen-bond acceptors (Lipinski definition) is 13. The summed E-state index contributed by atoms with van der Waals surface area (Å²) in [5.41, 5.74) is 22.7. The number of carbonyl (C=O) groups excluding carboxylic acids is 4. The number of aryl methyl sites for hydroxylation is 4. The lowest BCUT2D eigenvalue weighted by molar-refractivity contribution is -0.00366. The topological polar surface area (TPSA) is 279 Å². The van der Waals surface area contributed by atoms with Gasteiger partial charge in [0, 0.05) is 76.1 Å². The van der Waals surface area contributed by atoms with Crippen molar-refractivity contribution in [3.05, 3.63) is 76.5 Å². The molecule has 1 aromatic carbocycles. The summed E-state index contributed by atoms with van der Waals surface area (Å²) >= 11 is 0. The molecule has 62 heavy (non-hydrogen) atoms. The molecule has 324 valence electrons. The lowest BCUT2D eigenvalue weighted by Crippen LogP contribution is -2.57. The number of imidazole rings is 2. The second-order valence-electron chi connectivity index (χ2n) is 15.7. The van der Waals surface area contributed by atoms with Crippen molar-refractivity contribution in [3.63, 3.8) is 0 Å². The molecule has 4 amide bonds. The zero-order valence-electron chi connectivity index (χ0n) is 35.1. The molecule has 0 saturated carbocycles. The molecule has 9 N–H and O–H groups in total. The van der Waals surface area contributed by atoms with Gasteiger partial charge in [-0.25, -0.2) is 15.0 Å². The lowest BCUT2D eigenvalue weighted by Gasteiger charge is -2.47. The number of pyridine rings is 1. The molecule has 21 heteroatoms. The van der Waals surface area contributed by atoms with Crippen LogP contribution in [-0.4, -0.2) is 112 Å². The molecule has 0 atom stereocenters. The summed E-state index contributed by atoms with van der Waals surface area (Å²) in [6.07, 6.45) is 6.13. The Morgan fingerprint density at radius 2 is 1.53 bits per heavy atom. The number of carbonyl (C=O) groups is 4. The van der Waals surface area contributed by atoms with E-state index in [2.05, 4.69) is 41.0 Å². The molecule has 6 aromatic rings. The van der Waals surface area contributed by atoms with E-state index in [9.17, 15) is 19.2 Å². The maximum atomic E-state index is 13.8. The molecule has 21 nitrogen and oxygen atoms in total. The molecule has 2 aliphatic heterocycles. The summed E-state index contributed by atoms with van der Waals surface area (Å²) in [6, 6.07) is 6.52. The van der Waals surface area contributed by atoms with Gasteiger partial charge in [0.1, 0.15) is 16.9 Å². The molecule has 2 saturated heterocycles. The smallest absolute Gasteiger partial charge is 0.278 e. The van der Waals surface area contributed by atoms with E-state index in [-0.39, 0.29) is 52.9 Å². The lowest BCUT2D eigenvalue weighted by atomic mass is 9.79. The summed E-state index contributed by atoms with van der Waals surface area (Å²) in [4.78, 5) is 68.4. The van der Waals surface area contributed by atoms with Crippen molar-refractivity contribution in [2.75, 3.05) is 61.1 Å². The molecule has 0 unspecified atom stereocenters. The fourth-order valence-corrected chi connectivity index (χ4v) is 8.26. The normalized spacial score (nSPS) is 14.9. The van der Waals surface area contributed by atoms with Crippen molar-refractivity contribution in [3.8, 4) is 0 Å². The summed E-state index contributed by atoms with van der Waals surface area (Å²) < 4.78 is 12.3. The van der Waals surface area contributed by atoms with Crippen LogP contribution in [0, 0.1) is 19.3 Å². The molecule has 0 aliphatic carbocycles. The van der Waals surface area contributed by atoms with Crippen LogP contribution in [0.1, 0.15) is 73.3 Å². The Labute approximate surface area is 355 Å². The van der Waals surface area contributed by atoms with Crippen molar-refractivity contribution >= 4 is 69.1 Å². The fourth-order valence-electron chi connectivity index (χ4n) is 8.26. The predicted molar refractivity (Wildman–Crippen MR) is 232 cm³/mol. The number of ether oxygens (including phenoxy) is 1. The number of hydrogen-bond donors (Lipinski definition) is 6. The molecule has 0 radical (unpaired) electrons. The van der Waals surface area contributed by atoms with Crippen LogP contribution in [-0.2, 0) is 30.9 Å². The van der Waals surface area contributed by atoms with E-state index in [4.69, 9.17) is 26.9 Å². The number of nitrogen functional groups attached to an aromatic ring is 1. The van der Waals surface area contributed by atoms with Crippen LogP contribution in [0.4, 0.5) is 23.3 Å². The van der Waals surface area contributed by atoms with Gasteiger partial charge < -0.3 is 36.7 Å². The van der Waals surface area contributed by atoms with Gasteiger partial charge in [0.25, 0.3) is 11.8 Å². The molecule has 2 fully saturated rings. The Morgan fingerprint density at radius 3 is 2.23 bits per heavy atom. The van der Waals surface area contributed by atoms with Crippen molar-refractivity contribution in [2.45, 2.75) is 60.3 Å². The van der Waals surface area contributed by atoms with Crippen LogP contribution in [0.3, 0.4) is 0 Å². The third kappa shape index (κ3) is 7.94. The maximum absolute atomic E-state index is 13.8. The number of nitrogens with two attached hydrogens (primary N) is 3. The van der Waals surface area contributed by atoms with Gasteiger partial charge in [-0.05, 0) is 58.4 Å². The van der Waals surface area contributed by atoms with Crippen molar-refractivity contribution in [1.82, 2.24) is 48.5 Å². The van der Waals surface area contributed by atoms with Crippen LogP contribution in [0.2, 0.25) is 0 Å². The van der Waals surface area contributed by atoms with E-state index < -0.39 is 23.6 Å². The number of primary amides is 2. The van der Waals surface area contributed by atoms with E-state index in [1.54, 1.807) is 34.4 Å². The molecule has 2 aliphatic rings. The Hall–Kier alpha value is -7.13. The second-order valence-corrected chi connectivity index (χ2v) is 15.7. The van der Waals surface area contributed by atoms with Gasteiger partial charge in [-0.3, -0.25) is 43.7 Å². The zero-order valence-corrected chi connectivity index (χ0v) is 35.1. The van der Waals surface area contributed by atoms with E-state index in [1.807, 2.05) is 37.5 Å².